The Balaban J connectivity index is 1.59. The number of carbonyl (C=O) groups is 2. The van der Waals surface area contributed by atoms with Crippen LogP contribution in [0.4, 0.5) is 5.69 Å². The molecule has 1 aromatic heterocycles. The van der Waals surface area contributed by atoms with Crippen molar-refractivity contribution in [2.45, 2.75) is 44.7 Å². The summed E-state index contributed by atoms with van der Waals surface area (Å²) in [7, 11) is 1.80. The highest BCUT2D eigenvalue weighted by molar-refractivity contribution is 6.02. The lowest BCUT2D eigenvalue weighted by molar-refractivity contribution is 0.0583. The van der Waals surface area contributed by atoms with Gasteiger partial charge in [-0.2, -0.15) is 5.10 Å². The molecule has 1 fully saturated rings. The molecule has 3 heterocycles. The number of hydrogen-bond donors (Lipinski definition) is 2. The van der Waals surface area contributed by atoms with Crippen LogP contribution in [0.1, 0.15) is 60.2 Å². The topological polar surface area (TPSA) is 79.3 Å². The maximum absolute atomic E-state index is 13.2. The second kappa shape index (κ2) is 6.36. The van der Waals surface area contributed by atoms with Crippen LogP contribution in [-0.4, -0.2) is 45.2 Å². The molecule has 28 heavy (non-hydrogen) atoms. The maximum Gasteiger partial charge on any atom is 0.272 e. The van der Waals surface area contributed by atoms with Gasteiger partial charge in [0.15, 0.2) is 0 Å². The predicted octanol–water partition coefficient (Wildman–Crippen LogP) is 2.51. The summed E-state index contributed by atoms with van der Waals surface area (Å²) in [5, 5.41) is 11.1. The van der Waals surface area contributed by atoms with Crippen molar-refractivity contribution in [3.63, 3.8) is 0 Å². The summed E-state index contributed by atoms with van der Waals surface area (Å²) in [6.07, 6.45) is 1.58. The molecule has 2 aliphatic heterocycles. The minimum atomic E-state index is -0.634. The average molecular weight is 381 g/mol. The summed E-state index contributed by atoms with van der Waals surface area (Å²) in [6.45, 7) is 7.33. The molecule has 2 amide bonds. The Labute approximate surface area is 165 Å². The third-order valence-electron chi connectivity index (χ3n) is 5.55. The van der Waals surface area contributed by atoms with E-state index in [2.05, 4.69) is 36.5 Å². The number of aryl methyl sites for hydroxylation is 1. The van der Waals surface area contributed by atoms with Crippen molar-refractivity contribution < 1.29 is 9.59 Å². The number of rotatable bonds is 1. The quantitative estimate of drug-likeness (QED) is 0.796. The van der Waals surface area contributed by atoms with Gasteiger partial charge in [-0.15, -0.1) is 0 Å². The van der Waals surface area contributed by atoms with E-state index in [1.165, 1.54) is 0 Å². The van der Waals surface area contributed by atoms with E-state index in [-0.39, 0.29) is 17.2 Å². The van der Waals surface area contributed by atoms with Gasteiger partial charge in [-0.25, -0.2) is 0 Å². The number of anilines is 1. The van der Waals surface area contributed by atoms with Gasteiger partial charge in [0, 0.05) is 24.7 Å². The second-order valence-electron chi connectivity index (χ2n) is 8.83. The lowest BCUT2D eigenvalue weighted by atomic mass is 9.92. The molecule has 0 radical (unpaired) electrons. The van der Waals surface area contributed by atoms with Crippen LogP contribution in [0.15, 0.2) is 30.3 Å². The van der Waals surface area contributed by atoms with E-state index in [0.717, 1.165) is 24.2 Å². The molecule has 1 saturated heterocycles. The summed E-state index contributed by atoms with van der Waals surface area (Å²) in [5.74, 6) is -0.154. The first-order chi connectivity index (χ1) is 13.2. The second-order valence-corrected chi connectivity index (χ2v) is 8.83. The van der Waals surface area contributed by atoms with Crippen molar-refractivity contribution in [3.8, 4) is 0 Å². The lowest BCUT2D eigenvalue weighted by Crippen LogP contribution is -2.66. The van der Waals surface area contributed by atoms with Gasteiger partial charge in [-0.1, -0.05) is 32.9 Å². The number of nitrogens with zero attached hydrogens (tertiary/aromatic N) is 3. The molecule has 1 atom stereocenters. The molecule has 2 aliphatic rings. The molecule has 148 valence electrons. The van der Waals surface area contributed by atoms with Crippen LogP contribution in [0.3, 0.4) is 0 Å². The fraction of sp³-hybridized carbons (Fsp3) is 0.476. The van der Waals surface area contributed by atoms with Crippen molar-refractivity contribution in [2.24, 2.45) is 7.05 Å². The van der Waals surface area contributed by atoms with E-state index < -0.39 is 5.66 Å². The van der Waals surface area contributed by atoms with Crippen molar-refractivity contribution >= 4 is 17.5 Å². The van der Waals surface area contributed by atoms with Crippen molar-refractivity contribution in [1.82, 2.24) is 20.0 Å². The maximum atomic E-state index is 13.2. The SMILES string of the molecule is Cn1nc(C(C)(C)C)cc1C(=O)N1CCCC2(C1)NC(=O)c1ccccc1N2. The molecule has 0 saturated carbocycles. The molecule has 4 rings (SSSR count). The van der Waals surface area contributed by atoms with Crippen LogP contribution < -0.4 is 10.6 Å². The third kappa shape index (κ3) is 3.15. The normalized spacial score (nSPS) is 21.9. The first kappa shape index (κ1) is 18.5. The van der Waals surface area contributed by atoms with Crippen LogP contribution in [0.5, 0.6) is 0 Å². The van der Waals surface area contributed by atoms with E-state index in [4.69, 9.17) is 0 Å². The Bertz CT molecular complexity index is 943. The zero-order valence-electron chi connectivity index (χ0n) is 16.9. The number of aromatic nitrogens is 2. The molecule has 0 bridgehead atoms. The van der Waals surface area contributed by atoms with Gasteiger partial charge < -0.3 is 15.5 Å². The zero-order valence-corrected chi connectivity index (χ0v) is 16.9. The van der Waals surface area contributed by atoms with Crippen molar-refractivity contribution in [2.75, 3.05) is 18.4 Å². The minimum Gasteiger partial charge on any atom is -0.361 e. The van der Waals surface area contributed by atoms with Crippen LogP contribution >= 0.6 is 0 Å². The molecule has 1 spiro atoms. The van der Waals surface area contributed by atoms with E-state index >= 15 is 0 Å². The third-order valence-corrected chi connectivity index (χ3v) is 5.55. The highest BCUT2D eigenvalue weighted by Gasteiger charge is 2.42. The smallest absolute Gasteiger partial charge is 0.272 e. The standard InChI is InChI=1S/C21H27N5O2/c1-20(2,3)17-12-16(25(4)24-17)19(28)26-11-7-10-21(13-26)22-15-9-6-5-8-14(15)18(27)23-21/h5-6,8-9,12,22H,7,10-11,13H2,1-4H3,(H,23,27). The number of piperidine rings is 1. The van der Waals surface area contributed by atoms with Crippen LogP contribution in [-0.2, 0) is 12.5 Å². The average Bonchev–Trinajstić information content (AvgIpc) is 3.03. The van der Waals surface area contributed by atoms with Crippen molar-refractivity contribution in [3.05, 3.63) is 47.3 Å². The van der Waals surface area contributed by atoms with Crippen molar-refractivity contribution in [1.29, 1.82) is 0 Å². The van der Waals surface area contributed by atoms with Crippen LogP contribution in [0.25, 0.3) is 0 Å². The van der Waals surface area contributed by atoms with E-state index in [1.807, 2.05) is 29.2 Å². The van der Waals surface area contributed by atoms with Gasteiger partial charge in [0.2, 0.25) is 0 Å². The summed E-state index contributed by atoms with van der Waals surface area (Å²) in [4.78, 5) is 27.7. The Kier molecular flexibility index (Phi) is 4.21. The molecular formula is C21H27N5O2. The van der Waals surface area contributed by atoms with Gasteiger partial charge in [0.1, 0.15) is 11.4 Å². The minimum absolute atomic E-state index is 0.0560. The molecule has 2 N–H and O–H groups in total. The summed E-state index contributed by atoms with van der Waals surface area (Å²) in [6, 6.07) is 9.36. The Morgan fingerprint density at radius 2 is 1.96 bits per heavy atom. The zero-order chi connectivity index (χ0) is 20.1. The summed E-state index contributed by atoms with van der Waals surface area (Å²) in [5.41, 5.74) is 2.16. The monoisotopic (exact) mass is 381 g/mol. The lowest BCUT2D eigenvalue weighted by Gasteiger charge is -2.46. The van der Waals surface area contributed by atoms with Gasteiger partial charge in [-0.3, -0.25) is 14.3 Å². The highest BCUT2D eigenvalue weighted by atomic mass is 16.2. The number of benzene rings is 1. The summed E-state index contributed by atoms with van der Waals surface area (Å²) < 4.78 is 1.66. The largest absolute Gasteiger partial charge is 0.361 e. The Morgan fingerprint density at radius 3 is 2.68 bits per heavy atom. The number of nitrogens with one attached hydrogen (secondary N) is 2. The number of fused-ring (bicyclic) bond motifs is 1. The van der Waals surface area contributed by atoms with Gasteiger partial charge in [0.05, 0.1) is 17.8 Å². The molecule has 0 aliphatic carbocycles. The molecule has 2 aromatic rings. The Morgan fingerprint density at radius 1 is 1.21 bits per heavy atom. The Hall–Kier alpha value is -2.83. The fourth-order valence-electron chi connectivity index (χ4n) is 3.99. The number of likely N-dealkylation sites (tertiary alicyclic amines) is 1. The molecule has 7 nitrogen and oxygen atoms in total. The van der Waals surface area contributed by atoms with E-state index in [9.17, 15) is 9.59 Å². The summed E-state index contributed by atoms with van der Waals surface area (Å²) >= 11 is 0. The highest BCUT2D eigenvalue weighted by Crippen LogP contribution is 2.31. The van der Waals surface area contributed by atoms with Gasteiger partial charge in [-0.05, 0) is 31.0 Å². The molecule has 1 unspecified atom stereocenters. The predicted molar refractivity (Wildman–Crippen MR) is 107 cm³/mol. The number of carbonyl (C=O) groups excluding carboxylic acids is 2. The number of hydrogen-bond acceptors (Lipinski definition) is 4. The molecule has 1 aromatic carbocycles. The van der Waals surface area contributed by atoms with Gasteiger partial charge >= 0.3 is 0 Å². The number of para-hydroxylation sites is 1. The van der Waals surface area contributed by atoms with Gasteiger partial charge in [0.25, 0.3) is 11.8 Å². The molecule has 7 heteroatoms. The first-order valence-corrected chi connectivity index (χ1v) is 9.72. The number of amides is 2. The van der Waals surface area contributed by atoms with Crippen LogP contribution in [0.2, 0.25) is 0 Å². The van der Waals surface area contributed by atoms with E-state index in [1.54, 1.807) is 17.8 Å². The van der Waals surface area contributed by atoms with Crippen LogP contribution in [0, 0.1) is 0 Å². The fourth-order valence-corrected chi connectivity index (χ4v) is 3.99. The molecular weight excluding hydrogens is 354 g/mol. The van der Waals surface area contributed by atoms with E-state index in [0.29, 0.717) is 24.3 Å². The first-order valence-electron chi connectivity index (χ1n) is 9.72.